The van der Waals surface area contributed by atoms with Gasteiger partial charge in [-0.2, -0.15) is 0 Å². The highest BCUT2D eigenvalue weighted by Gasteiger charge is 2.24. The van der Waals surface area contributed by atoms with Crippen LogP contribution in [0.2, 0.25) is 0 Å². The molecule has 0 aliphatic heterocycles. The predicted molar refractivity (Wildman–Crippen MR) is 239 cm³/mol. The Bertz CT molecular complexity index is 2800. The monoisotopic (exact) mass is 760 g/mol. The Labute approximate surface area is 338 Å². The van der Waals surface area contributed by atoms with Crippen LogP contribution in [0.4, 0.5) is 0 Å². The zero-order valence-corrected chi connectivity index (χ0v) is 32.6. The maximum absolute atomic E-state index is 10.2. The summed E-state index contributed by atoms with van der Waals surface area (Å²) in [5, 5.41) is 54.6. The molecule has 0 aromatic heterocycles. The zero-order valence-electron chi connectivity index (χ0n) is 32.6. The first kappa shape index (κ1) is 38.8. The van der Waals surface area contributed by atoms with Crippen LogP contribution in [0.25, 0.3) is 66.1 Å². The summed E-state index contributed by atoms with van der Waals surface area (Å²) in [5.41, 5.74) is 10.8. The highest BCUT2D eigenvalue weighted by atomic mass is 16.4. The average molecular weight is 761 g/mol. The van der Waals surface area contributed by atoms with Crippen molar-refractivity contribution in [1.82, 2.24) is 0 Å². The van der Waals surface area contributed by atoms with Crippen molar-refractivity contribution in [2.24, 2.45) is 0 Å². The maximum Gasteiger partial charge on any atom is 0.208 e. The lowest BCUT2D eigenvalue weighted by molar-refractivity contribution is 0.330. The van der Waals surface area contributed by atoms with Crippen molar-refractivity contribution >= 4 is 21.5 Å². The van der Waals surface area contributed by atoms with E-state index < -0.39 is 28.7 Å². The highest BCUT2D eigenvalue weighted by Crippen LogP contribution is 2.54. The second-order valence-corrected chi connectivity index (χ2v) is 14.3. The molecule has 58 heavy (non-hydrogen) atoms. The van der Waals surface area contributed by atoms with Crippen LogP contribution in [-0.2, 0) is 0 Å². The molecule has 0 saturated carbocycles. The molecule has 0 bridgehead atoms. The number of rotatable bonds is 4. The number of aryl methyl sites for hydroxylation is 3. The van der Waals surface area contributed by atoms with E-state index in [4.69, 9.17) is 0 Å². The van der Waals surface area contributed by atoms with E-state index in [0.717, 1.165) is 16.7 Å². The molecule has 0 amide bonds. The lowest BCUT2D eigenvalue weighted by atomic mass is 9.94. The predicted octanol–water partition coefficient (Wildman–Crippen LogP) is 13.5. The molecule has 286 valence electrons. The van der Waals surface area contributed by atoms with E-state index in [-0.39, 0.29) is 5.56 Å². The second-order valence-electron chi connectivity index (χ2n) is 14.3. The molecule has 9 rings (SSSR count). The first-order valence-electron chi connectivity index (χ1n) is 19.0. The number of phenols is 5. The molecule has 0 saturated heterocycles. The minimum absolute atomic E-state index is 0.166. The van der Waals surface area contributed by atoms with Gasteiger partial charge in [0.05, 0.1) is 5.56 Å². The molecule has 0 fully saturated rings. The summed E-state index contributed by atoms with van der Waals surface area (Å²) in [6.45, 7) is 6.31. The van der Waals surface area contributed by atoms with Gasteiger partial charge in [-0.25, -0.2) is 0 Å². The van der Waals surface area contributed by atoms with Crippen LogP contribution in [-0.4, -0.2) is 25.5 Å². The number of hydrogen-bond donors (Lipinski definition) is 5. The lowest BCUT2D eigenvalue weighted by Gasteiger charge is -2.13. The van der Waals surface area contributed by atoms with E-state index in [0.29, 0.717) is 5.56 Å². The van der Waals surface area contributed by atoms with Crippen molar-refractivity contribution in [3.05, 3.63) is 199 Å². The van der Waals surface area contributed by atoms with Crippen LogP contribution in [0.15, 0.2) is 182 Å². The average Bonchev–Trinajstić information content (AvgIpc) is 3.26. The quantitative estimate of drug-likeness (QED) is 0.0908. The fourth-order valence-electron chi connectivity index (χ4n) is 6.98. The van der Waals surface area contributed by atoms with Crippen LogP contribution < -0.4 is 0 Å². The van der Waals surface area contributed by atoms with Crippen LogP contribution in [0.3, 0.4) is 0 Å². The Morgan fingerprint density at radius 3 is 1.31 bits per heavy atom. The van der Waals surface area contributed by atoms with Crippen molar-refractivity contribution in [1.29, 1.82) is 0 Å². The third-order valence-electron chi connectivity index (χ3n) is 10.3. The van der Waals surface area contributed by atoms with Gasteiger partial charge < -0.3 is 25.5 Å². The Balaban J connectivity index is 0.000000175. The van der Waals surface area contributed by atoms with Crippen LogP contribution in [0.5, 0.6) is 28.7 Å². The molecule has 0 aliphatic carbocycles. The van der Waals surface area contributed by atoms with Crippen molar-refractivity contribution in [3.8, 4) is 73.3 Å². The summed E-state index contributed by atoms with van der Waals surface area (Å²) in [7, 11) is 0. The first-order chi connectivity index (χ1) is 28.1. The van der Waals surface area contributed by atoms with E-state index in [1.807, 2.05) is 54.6 Å². The number of benzene rings is 9. The van der Waals surface area contributed by atoms with Crippen molar-refractivity contribution in [2.45, 2.75) is 20.8 Å². The third-order valence-corrected chi connectivity index (χ3v) is 10.3. The molecule has 0 unspecified atom stereocenters. The molecule has 5 N–H and O–H groups in total. The Kier molecular flexibility index (Phi) is 11.4. The van der Waals surface area contributed by atoms with Gasteiger partial charge in [0, 0.05) is 0 Å². The van der Waals surface area contributed by atoms with E-state index in [2.05, 4.69) is 136 Å². The fraction of sp³-hybridized carbons (Fsp3) is 0.0566. The Morgan fingerprint density at radius 1 is 0.293 bits per heavy atom. The minimum atomic E-state index is -0.975. The largest absolute Gasteiger partial charge is 0.504 e. The molecule has 0 spiro atoms. The standard InChI is InChI=1S/C29H22O5.C17H14.C7H8/c1-16-6-15-22(23-5-3-2-4-21(16)23)19-11-7-17(8-12-19)18-9-13-20(14-10-18)24-25(30)27(32)29(34)28(33)26(24)31;1-13-6-8-15(9-7-13)17-11-10-14-4-2-3-5-16(14)12-17;1-7-5-3-2-4-6-7/h2-15,30-34H,1H3;2-12H,1H3;2-6H,1H3. The van der Waals surface area contributed by atoms with Gasteiger partial charge in [-0.05, 0) is 92.9 Å². The highest BCUT2D eigenvalue weighted by molar-refractivity contribution is 5.98. The smallest absolute Gasteiger partial charge is 0.208 e. The SMILES string of the molecule is Cc1ccc(-c2ccc(-c3ccc(-c4c(O)c(O)c(O)c(O)c4O)cc3)cc2)c2ccccc12.Cc1ccc(-c2ccc3ccccc3c2)cc1.Cc1ccccc1. The summed E-state index contributed by atoms with van der Waals surface area (Å²) in [4.78, 5) is 0. The van der Waals surface area contributed by atoms with Crippen LogP contribution >= 0.6 is 0 Å². The number of fused-ring (bicyclic) bond motifs is 2. The van der Waals surface area contributed by atoms with Gasteiger partial charge in [0.2, 0.25) is 17.2 Å². The molecular weight excluding hydrogens is 717 g/mol. The molecule has 0 atom stereocenters. The van der Waals surface area contributed by atoms with Gasteiger partial charge in [0.15, 0.2) is 11.5 Å². The molecule has 9 aromatic rings. The molecule has 5 heteroatoms. The molecule has 9 aromatic carbocycles. The number of aromatic hydroxyl groups is 5. The van der Waals surface area contributed by atoms with Crippen molar-refractivity contribution in [2.75, 3.05) is 0 Å². The Morgan fingerprint density at radius 2 is 0.724 bits per heavy atom. The molecule has 0 heterocycles. The van der Waals surface area contributed by atoms with Gasteiger partial charge in [0.25, 0.3) is 0 Å². The summed E-state index contributed by atoms with van der Waals surface area (Å²) in [6.07, 6.45) is 0. The number of hydrogen-bond acceptors (Lipinski definition) is 5. The summed E-state index contributed by atoms with van der Waals surface area (Å²) in [6, 6.07) is 61.8. The van der Waals surface area contributed by atoms with Crippen molar-refractivity contribution in [3.63, 3.8) is 0 Å². The molecular formula is C53H44O5. The Hall–Kier alpha value is -7.50. The van der Waals surface area contributed by atoms with Gasteiger partial charge in [-0.3, -0.25) is 0 Å². The lowest BCUT2D eigenvalue weighted by Crippen LogP contribution is -1.86. The zero-order chi connectivity index (χ0) is 40.8. The van der Waals surface area contributed by atoms with Crippen molar-refractivity contribution < 1.29 is 25.5 Å². The van der Waals surface area contributed by atoms with Crippen LogP contribution in [0.1, 0.15) is 16.7 Å². The van der Waals surface area contributed by atoms with E-state index in [1.54, 1.807) is 12.1 Å². The van der Waals surface area contributed by atoms with Gasteiger partial charge in [0.1, 0.15) is 0 Å². The maximum atomic E-state index is 10.2. The summed E-state index contributed by atoms with van der Waals surface area (Å²) >= 11 is 0. The normalized spacial score (nSPS) is 10.7. The first-order valence-corrected chi connectivity index (χ1v) is 19.0. The van der Waals surface area contributed by atoms with E-state index in [9.17, 15) is 25.5 Å². The van der Waals surface area contributed by atoms with Gasteiger partial charge >= 0.3 is 0 Å². The third kappa shape index (κ3) is 8.35. The fourth-order valence-corrected chi connectivity index (χ4v) is 6.98. The topological polar surface area (TPSA) is 101 Å². The second kappa shape index (κ2) is 17.1. The van der Waals surface area contributed by atoms with Gasteiger partial charge in [-0.1, -0.05) is 187 Å². The summed E-state index contributed by atoms with van der Waals surface area (Å²) < 4.78 is 0. The minimum Gasteiger partial charge on any atom is -0.504 e. The van der Waals surface area contributed by atoms with Crippen LogP contribution in [0, 0.1) is 20.8 Å². The number of phenolic OH excluding ortho intramolecular Hbond substituents is 5. The van der Waals surface area contributed by atoms with E-state index >= 15 is 0 Å². The van der Waals surface area contributed by atoms with Gasteiger partial charge in [-0.15, -0.1) is 0 Å². The summed E-state index contributed by atoms with van der Waals surface area (Å²) in [5.74, 6) is -4.19. The molecule has 5 nitrogen and oxygen atoms in total. The molecule has 0 radical (unpaired) electrons. The van der Waals surface area contributed by atoms with E-state index in [1.165, 1.54) is 54.9 Å². The molecule has 0 aliphatic rings.